The van der Waals surface area contributed by atoms with Crippen molar-refractivity contribution in [1.29, 1.82) is 0 Å². The topological polar surface area (TPSA) is 106 Å². The van der Waals surface area contributed by atoms with Crippen LogP contribution >= 0.6 is 0 Å². The molecule has 7 fully saturated rings. The Bertz CT molecular complexity index is 2030. The summed E-state index contributed by atoms with van der Waals surface area (Å²) in [6.07, 6.45) is 5.25. The van der Waals surface area contributed by atoms with Crippen LogP contribution < -0.4 is 10.5 Å². The largest absolute Gasteiger partial charge is 0.457 e. The summed E-state index contributed by atoms with van der Waals surface area (Å²) < 4.78 is 53.2. The van der Waals surface area contributed by atoms with E-state index in [1.807, 2.05) is 64.2 Å². The molecule has 3 aliphatic heterocycles. The van der Waals surface area contributed by atoms with E-state index in [9.17, 15) is 4.79 Å². The molecule has 4 aliphatic carbocycles. The van der Waals surface area contributed by atoms with E-state index in [4.69, 9.17) is 15.6 Å². The van der Waals surface area contributed by atoms with E-state index in [0.29, 0.717) is 86.8 Å². The average Bonchev–Trinajstić information content (AvgIpc) is 3.76. The van der Waals surface area contributed by atoms with E-state index in [1.54, 1.807) is 4.90 Å². The van der Waals surface area contributed by atoms with Gasteiger partial charge in [-0.1, -0.05) is 18.2 Å². The number of nitrogens with zero attached hydrogens (tertiary/aromatic N) is 7. The molecule has 290 valence electrons. The first-order valence-corrected chi connectivity index (χ1v) is 20.2. The monoisotopic (exact) mass is 754 g/mol. The summed E-state index contributed by atoms with van der Waals surface area (Å²) in [5, 5.41) is 5.63. The highest BCUT2D eigenvalue weighted by Gasteiger charge is 2.60. The van der Waals surface area contributed by atoms with Gasteiger partial charge in [0.1, 0.15) is 34.9 Å². The van der Waals surface area contributed by atoms with Gasteiger partial charge < -0.3 is 15.4 Å². The maximum absolute atomic E-state index is 15.1. The molecule has 2 unspecified atom stereocenters. The maximum Gasteiger partial charge on any atom is 0.406 e. The Labute approximate surface area is 319 Å². The number of halogens is 3. The van der Waals surface area contributed by atoms with E-state index in [0.717, 1.165) is 29.1 Å². The number of ether oxygens (including phenoxy) is 1. The van der Waals surface area contributed by atoms with Gasteiger partial charge in [-0.05, 0) is 117 Å². The van der Waals surface area contributed by atoms with Gasteiger partial charge in [-0.15, -0.1) is 0 Å². The van der Waals surface area contributed by atoms with Crippen molar-refractivity contribution in [2.45, 2.75) is 88.0 Å². The molecule has 3 saturated heterocycles. The van der Waals surface area contributed by atoms with E-state index in [2.05, 4.69) is 14.9 Å². The first kappa shape index (κ1) is 35.2. The number of benzene rings is 2. The number of piperidine rings is 2. The second kappa shape index (κ2) is 13.2. The molecule has 0 radical (unpaired) electrons. The van der Waals surface area contributed by atoms with Crippen molar-refractivity contribution in [3.05, 3.63) is 60.9 Å². The van der Waals surface area contributed by atoms with Crippen LogP contribution in [0, 0.1) is 23.2 Å². The van der Waals surface area contributed by atoms with Crippen LogP contribution in [0.2, 0.25) is 0 Å². The number of rotatable bonds is 8. The fraction of sp³-hybridized carbons (Fsp3) is 0.571. The van der Waals surface area contributed by atoms with Crippen molar-refractivity contribution < 1.29 is 22.7 Å². The Morgan fingerprint density at radius 3 is 2.18 bits per heavy atom. The van der Waals surface area contributed by atoms with Gasteiger partial charge in [0.25, 0.3) is 0 Å². The van der Waals surface area contributed by atoms with Crippen molar-refractivity contribution in [2.24, 2.45) is 23.2 Å². The van der Waals surface area contributed by atoms with Crippen LogP contribution in [0.15, 0.2) is 60.9 Å². The fourth-order valence-electron chi connectivity index (χ4n) is 11.9. The van der Waals surface area contributed by atoms with Gasteiger partial charge in [-0.2, -0.15) is 18.3 Å². The Kier molecular flexibility index (Phi) is 8.44. The number of carbonyl (C=O) groups excluding carboxylic acids is 1. The average molecular weight is 755 g/mol. The SMILES string of the molecule is Nc1ncnc2c1c(-c1ccc(Oc3ccccc3)cc1)nn2C1CCN(C2(C(F)(F)F)CCN(C3CN(C(=O)CC45CC6CC(C4)C(C6)C5)C3)CC2)CC1. The van der Waals surface area contributed by atoms with E-state index < -0.39 is 11.7 Å². The first-order valence-electron chi connectivity index (χ1n) is 20.2. The van der Waals surface area contributed by atoms with Gasteiger partial charge >= 0.3 is 6.18 Å². The van der Waals surface area contributed by atoms with E-state index in [-0.39, 0.29) is 36.2 Å². The van der Waals surface area contributed by atoms with Gasteiger partial charge in [0, 0.05) is 57.3 Å². The summed E-state index contributed by atoms with van der Waals surface area (Å²) in [6.45, 7) is 2.69. The molecule has 2 N–H and O–H groups in total. The summed E-state index contributed by atoms with van der Waals surface area (Å²) in [5.41, 5.74) is 6.79. The number of carbonyl (C=O) groups is 1. The minimum Gasteiger partial charge on any atom is -0.457 e. The molecule has 4 bridgehead atoms. The lowest BCUT2D eigenvalue weighted by atomic mass is 9.67. The highest BCUT2D eigenvalue weighted by molar-refractivity contribution is 5.98. The summed E-state index contributed by atoms with van der Waals surface area (Å²) in [5.74, 6) is 4.49. The third kappa shape index (κ3) is 6.07. The second-order valence-electron chi connectivity index (χ2n) is 17.6. The lowest BCUT2D eigenvalue weighted by molar-refractivity contribution is -0.251. The molecule has 55 heavy (non-hydrogen) atoms. The second-order valence-corrected chi connectivity index (χ2v) is 17.6. The van der Waals surface area contributed by atoms with Crippen LogP contribution in [-0.2, 0) is 4.79 Å². The predicted octanol–water partition coefficient (Wildman–Crippen LogP) is 7.33. The van der Waals surface area contributed by atoms with Crippen molar-refractivity contribution in [2.75, 3.05) is 45.0 Å². The van der Waals surface area contributed by atoms with Crippen LogP contribution in [-0.4, -0.2) is 97.4 Å². The van der Waals surface area contributed by atoms with Gasteiger partial charge in [0.15, 0.2) is 5.65 Å². The van der Waals surface area contributed by atoms with Gasteiger partial charge in [0.05, 0.1) is 11.4 Å². The number of hydrogen-bond donors (Lipinski definition) is 1. The molecule has 5 heterocycles. The molecule has 0 spiro atoms. The number of likely N-dealkylation sites (tertiary alicyclic amines) is 3. The standard InChI is InChI=1S/C42H49F3N8O2/c43-42(44,45)41(12-16-50(17-13-41)32-24-51(25-32)35(54)23-40-20-27-18-29(21-40)30(19-27)22-40)52-14-10-31(11-15-52)53-39-36(38(46)47-26-48-39)37(49-53)28-6-8-34(9-7-28)55-33-4-2-1-3-5-33/h1-9,26-27,29-32H,10-25H2,(H2,46,47,48). The number of para-hydroxylation sites is 1. The molecule has 10 nitrogen and oxygen atoms in total. The Morgan fingerprint density at radius 1 is 0.855 bits per heavy atom. The Hall–Kier alpha value is -4.23. The van der Waals surface area contributed by atoms with Crippen LogP contribution in [0.4, 0.5) is 19.0 Å². The molecule has 4 aromatic rings. The normalized spacial score (nSPS) is 28.6. The molecular formula is C42H49F3N8O2. The van der Waals surface area contributed by atoms with E-state index >= 15 is 13.2 Å². The summed E-state index contributed by atoms with van der Waals surface area (Å²) >= 11 is 0. The molecule has 2 aromatic heterocycles. The number of anilines is 1. The number of nitrogen functional groups attached to an aromatic ring is 1. The van der Waals surface area contributed by atoms with Gasteiger partial charge in [-0.25, -0.2) is 14.6 Å². The number of hydrogen-bond acceptors (Lipinski definition) is 8. The minimum atomic E-state index is -4.35. The Morgan fingerprint density at radius 2 is 1.53 bits per heavy atom. The van der Waals surface area contributed by atoms with Crippen molar-refractivity contribution in [3.8, 4) is 22.8 Å². The van der Waals surface area contributed by atoms with Crippen molar-refractivity contribution in [3.63, 3.8) is 0 Å². The summed E-state index contributed by atoms with van der Waals surface area (Å²) in [4.78, 5) is 28.0. The van der Waals surface area contributed by atoms with Crippen molar-refractivity contribution >= 4 is 22.8 Å². The molecule has 1 amide bonds. The van der Waals surface area contributed by atoms with Gasteiger partial charge in [-0.3, -0.25) is 14.6 Å². The molecule has 2 aromatic carbocycles. The lowest BCUT2D eigenvalue weighted by Gasteiger charge is -2.54. The number of alkyl halides is 3. The maximum atomic E-state index is 15.1. The van der Waals surface area contributed by atoms with Crippen LogP contribution in [0.1, 0.15) is 70.3 Å². The zero-order chi connectivity index (χ0) is 37.5. The molecule has 11 rings (SSSR count). The molecule has 7 aliphatic rings. The zero-order valence-electron chi connectivity index (χ0n) is 31.1. The third-order valence-electron chi connectivity index (χ3n) is 14.5. The number of fused-ring (bicyclic) bond motifs is 1. The molecule has 4 saturated carbocycles. The quantitative estimate of drug-likeness (QED) is 0.200. The summed E-state index contributed by atoms with van der Waals surface area (Å²) in [6, 6.07) is 17.1. The number of aromatic nitrogens is 4. The van der Waals surface area contributed by atoms with Crippen LogP contribution in [0.5, 0.6) is 11.5 Å². The summed E-state index contributed by atoms with van der Waals surface area (Å²) in [7, 11) is 0. The van der Waals surface area contributed by atoms with E-state index in [1.165, 1.54) is 38.4 Å². The lowest BCUT2D eigenvalue weighted by Crippen LogP contribution is -2.68. The molecule has 2 atom stereocenters. The number of nitrogens with two attached hydrogens (primary N) is 1. The van der Waals surface area contributed by atoms with Crippen molar-refractivity contribution in [1.82, 2.24) is 34.4 Å². The van der Waals surface area contributed by atoms with Gasteiger partial charge in [0.2, 0.25) is 5.91 Å². The fourth-order valence-corrected chi connectivity index (χ4v) is 11.9. The molecular weight excluding hydrogens is 706 g/mol. The highest BCUT2D eigenvalue weighted by atomic mass is 19.4. The minimum absolute atomic E-state index is 0.0431. The zero-order valence-corrected chi connectivity index (χ0v) is 31.1. The predicted molar refractivity (Wildman–Crippen MR) is 202 cm³/mol. The van der Waals surface area contributed by atoms with Crippen LogP contribution in [0.25, 0.3) is 22.3 Å². The smallest absolute Gasteiger partial charge is 0.406 e. The Balaban J connectivity index is 0.783. The highest BCUT2D eigenvalue weighted by Crippen LogP contribution is 2.65. The third-order valence-corrected chi connectivity index (χ3v) is 14.5. The number of amides is 1. The molecule has 13 heteroatoms. The van der Waals surface area contributed by atoms with Crippen LogP contribution in [0.3, 0.4) is 0 Å². The first-order chi connectivity index (χ1) is 26.6.